The minimum absolute atomic E-state index is 0.342. The van der Waals surface area contributed by atoms with Gasteiger partial charge in [-0.1, -0.05) is 13.0 Å². The highest BCUT2D eigenvalue weighted by Crippen LogP contribution is 2.24. The highest BCUT2D eigenvalue weighted by Gasteiger charge is 2.10. The second-order valence-electron chi connectivity index (χ2n) is 5.40. The summed E-state index contributed by atoms with van der Waals surface area (Å²) in [6, 6.07) is 8.74. The molecule has 0 aliphatic rings. The van der Waals surface area contributed by atoms with Crippen LogP contribution in [0.4, 0.5) is 0 Å². The molecule has 4 heteroatoms. The van der Waals surface area contributed by atoms with E-state index in [0.29, 0.717) is 6.04 Å². The summed E-state index contributed by atoms with van der Waals surface area (Å²) >= 11 is 0. The first-order valence-corrected chi connectivity index (χ1v) is 7.54. The first-order valence-electron chi connectivity index (χ1n) is 7.54. The summed E-state index contributed by atoms with van der Waals surface area (Å²) in [6.45, 7) is 8.13. The smallest absolute Gasteiger partial charge is 0.123 e. The van der Waals surface area contributed by atoms with Gasteiger partial charge in [-0.05, 0) is 50.6 Å². The summed E-state index contributed by atoms with van der Waals surface area (Å²) in [7, 11) is 1.71. The molecule has 1 aromatic carbocycles. The second-order valence-corrected chi connectivity index (χ2v) is 5.40. The fourth-order valence-electron chi connectivity index (χ4n) is 2.40. The van der Waals surface area contributed by atoms with Crippen LogP contribution in [-0.4, -0.2) is 23.4 Å². The molecule has 1 N–H and O–H groups in total. The Kier molecular flexibility index (Phi) is 5.39. The lowest BCUT2D eigenvalue weighted by atomic mass is 10.0. The average Bonchev–Trinajstić information content (AvgIpc) is 2.89. The SMILES string of the molecule is CCCNC(C)c1ccc(OC)c(Cn2ccc(C)n2)c1. The van der Waals surface area contributed by atoms with Gasteiger partial charge in [0, 0.05) is 17.8 Å². The highest BCUT2D eigenvalue weighted by molar-refractivity contribution is 5.38. The summed E-state index contributed by atoms with van der Waals surface area (Å²) in [5, 5.41) is 7.97. The van der Waals surface area contributed by atoms with E-state index in [-0.39, 0.29) is 0 Å². The molecule has 0 aliphatic heterocycles. The van der Waals surface area contributed by atoms with Gasteiger partial charge in [-0.3, -0.25) is 4.68 Å². The molecule has 0 saturated carbocycles. The van der Waals surface area contributed by atoms with E-state index in [2.05, 4.69) is 36.4 Å². The van der Waals surface area contributed by atoms with Gasteiger partial charge in [-0.25, -0.2) is 0 Å². The van der Waals surface area contributed by atoms with E-state index in [1.54, 1.807) is 7.11 Å². The first kappa shape index (κ1) is 15.6. The monoisotopic (exact) mass is 287 g/mol. The van der Waals surface area contributed by atoms with Gasteiger partial charge < -0.3 is 10.1 Å². The summed E-state index contributed by atoms with van der Waals surface area (Å²) in [5.41, 5.74) is 3.47. The van der Waals surface area contributed by atoms with Crippen molar-refractivity contribution in [3.8, 4) is 5.75 Å². The number of hydrogen-bond acceptors (Lipinski definition) is 3. The van der Waals surface area contributed by atoms with E-state index < -0.39 is 0 Å². The van der Waals surface area contributed by atoms with Gasteiger partial charge in [0.1, 0.15) is 5.75 Å². The molecule has 0 aliphatic carbocycles. The summed E-state index contributed by atoms with van der Waals surface area (Å²) < 4.78 is 7.42. The van der Waals surface area contributed by atoms with Crippen molar-refractivity contribution in [3.05, 3.63) is 47.3 Å². The van der Waals surface area contributed by atoms with Gasteiger partial charge in [-0.15, -0.1) is 0 Å². The third-order valence-electron chi connectivity index (χ3n) is 3.61. The Morgan fingerprint density at radius 2 is 2.14 bits per heavy atom. The van der Waals surface area contributed by atoms with Crippen LogP contribution in [0.1, 0.15) is 43.1 Å². The zero-order valence-corrected chi connectivity index (χ0v) is 13.4. The molecular formula is C17H25N3O. The summed E-state index contributed by atoms with van der Waals surface area (Å²) in [6.07, 6.45) is 3.14. The molecule has 1 unspecified atom stereocenters. The maximum Gasteiger partial charge on any atom is 0.123 e. The number of aromatic nitrogens is 2. The van der Waals surface area contributed by atoms with Gasteiger partial charge in [-0.2, -0.15) is 5.10 Å². The van der Waals surface area contributed by atoms with Crippen molar-refractivity contribution in [3.63, 3.8) is 0 Å². The van der Waals surface area contributed by atoms with Crippen molar-refractivity contribution in [2.45, 2.75) is 39.8 Å². The predicted octanol–water partition coefficient (Wildman–Crippen LogP) is 3.31. The molecule has 0 spiro atoms. The molecule has 21 heavy (non-hydrogen) atoms. The number of aryl methyl sites for hydroxylation is 1. The Morgan fingerprint density at radius 3 is 2.76 bits per heavy atom. The van der Waals surface area contributed by atoms with Crippen molar-refractivity contribution in [1.82, 2.24) is 15.1 Å². The number of nitrogens with one attached hydrogen (secondary N) is 1. The number of methoxy groups -OCH3 is 1. The molecule has 2 rings (SSSR count). The van der Waals surface area contributed by atoms with Crippen molar-refractivity contribution in [2.75, 3.05) is 13.7 Å². The van der Waals surface area contributed by atoms with E-state index in [0.717, 1.165) is 36.5 Å². The number of rotatable bonds is 7. The summed E-state index contributed by atoms with van der Waals surface area (Å²) in [4.78, 5) is 0. The lowest BCUT2D eigenvalue weighted by molar-refractivity contribution is 0.406. The van der Waals surface area contributed by atoms with Gasteiger partial charge in [0.15, 0.2) is 0 Å². The highest BCUT2D eigenvalue weighted by atomic mass is 16.5. The van der Waals surface area contributed by atoms with Crippen LogP contribution in [0.3, 0.4) is 0 Å². The van der Waals surface area contributed by atoms with Gasteiger partial charge in [0.2, 0.25) is 0 Å². The molecule has 114 valence electrons. The zero-order chi connectivity index (χ0) is 15.2. The van der Waals surface area contributed by atoms with E-state index in [9.17, 15) is 0 Å². The Labute approximate surface area is 127 Å². The molecular weight excluding hydrogens is 262 g/mol. The quantitative estimate of drug-likeness (QED) is 0.849. The standard InChI is InChI=1S/C17H25N3O/c1-5-9-18-14(3)15-6-7-17(21-4)16(11-15)12-20-10-8-13(2)19-20/h6-8,10-11,14,18H,5,9,12H2,1-4H3. The van der Waals surface area contributed by atoms with Crippen LogP contribution in [0.5, 0.6) is 5.75 Å². The second kappa shape index (κ2) is 7.27. The Morgan fingerprint density at radius 1 is 1.33 bits per heavy atom. The molecule has 1 aromatic heterocycles. The van der Waals surface area contributed by atoms with Crippen LogP contribution in [0.15, 0.2) is 30.5 Å². The molecule has 2 aromatic rings. The zero-order valence-electron chi connectivity index (χ0n) is 13.4. The average molecular weight is 287 g/mol. The predicted molar refractivity (Wildman–Crippen MR) is 85.8 cm³/mol. The topological polar surface area (TPSA) is 39.1 Å². The molecule has 0 bridgehead atoms. The van der Waals surface area contributed by atoms with E-state index >= 15 is 0 Å². The fourth-order valence-corrected chi connectivity index (χ4v) is 2.40. The van der Waals surface area contributed by atoms with Crippen LogP contribution < -0.4 is 10.1 Å². The fraction of sp³-hybridized carbons (Fsp3) is 0.471. The van der Waals surface area contributed by atoms with Crippen LogP contribution in [-0.2, 0) is 6.54 Å². The molecule has 4 nitrogen and oxygen atoms in total. The molecule has 0 fully saturated rings. The van der Waals surface area contributed by atoms with Crippen molar-refractivity contribution in [1.29, 1.82) is 0 Å². The molecule has 0 amide bonds. The molecule has 1 heterocycles. The van der Waals surface area contributed by atoms with Crippen LogP contribution in [0.2, 0.25) is 0 Å². The van der Waals surface area contributed by atoms with Crippen molar-refractivity contribution in [2.24, 2.45) is 0 Å². The van der Waals surface area contributed by atoms with E-state index in [1.165, 1.54) is 5.56 Å². The Bertz CT molecular complexity index is 577. The lowest BCUT2D eigenvalue weighted by Gasteiger charge is -2.17. The van der Waals surface area contributed by atoms with Crippen LogP contribution >= 0.6 is 0 Å². The van der Waals surface area contributed by atoms with Crippen molar-refractivity contribution < 1.29 is 4.74 Å². The van der Waals surface area contributed by atoms with Gasteiger partial charge >= 0.3 is 0 Å². The first-order chi connectivity index (χ1) is 10.1. The van der Waals surface area contributed by atoms with Crippen LogP contribution in [0.25, 0.3) is 0 Å². The number of nitrogens with zero attached hydrogens (tertiary/aromatic N) is 2. The number of ether oxygens (including phenoxy) is 1. The largest absolute Gasteiger partial charge is 0.496 e. The lowest BCUT2D eigenvalue weighted by Crippen LogP contribution is -2.19. The van der Waals surface area contributed by atoms with Gasteiger partial charge in [0.25, 0.3) is 0 Å². The van der Waals surface area contributed by atoms with Crippen molar-refractivity contribution >= 4 is 0 Å². The van der Waals surface area contributed by atoms with E-state index in [4.69, 9.17) is 4.74 Å². The van der Waals surface area contributed by atoms with Gasteiger partial charge in [0.05, 0.1) is 19.3 Å². The maximum atomic E-state index is 5.48. The molecule has 0 saturated heterocycles. The third kappa shape index (κ3) is 4.08. The normalized spacial score (nSPS) is 12.4. The number of hydrogen-bond donors (Lipinski definition) is 1. The van der Waals surface area contributed by atoms with Crippen LogP contribution in [0, 0.1) is 6.92 Å². The maximum absolute atomic E-state index is 5.48. The Hall–Kier alpha value is -1.81. The van der Waals surface area contributed by atoms with E-state index in [1.807, 2.05) is 29.9 Å². The minimum Gasteiger partial charge on any atom is -0.496 e. The summed E-state index contributed by atoms with van der Waals surface area (Å²) in [5.74, 6) is 0.912. The molecule has 1 atom stereocenters. The number of benzene rings is 1. The third-order valence-corrected chi connectivity index (χ3v) is 3.61. The molecule has 0 radical (unpaired) electrons. The minimum atomic E-state index is 0.342. The Balaban J connectivity index is 2.21.